The molecule has 2 atom stereocenters. The van der Waals surface area contributed by atoms with Crippen molar-refractivity contribution in [3.8, 4) is 5.75 Å². The maximum atomic E-state index is 13.0. The van der Waals surface area contributed by atoms with E-state index in [4.69, 9.17) is 15.2 Å². The summed E-state index contributed by atoms with van der Waals surface area (Å²) in [6.07, 6.45) is -0.306. The molecule has 0 radical (unpaired) electrons. The molecule has 0 unspecified atom stereocenters. The molecule has 4 aromatic carbocycles. The lowest BCUT2D eigenvalue weighted by atomic mass is 9.96. The molecule has 3 amide bonds. The van der Waals surface area contributed by atoms with Crippen LogP contribution in [0, 0.1) is 0 Å². The van der Waals surface area contributed by atoms with E-state index in [9.17, 15) is 19.5 Å². The number of nitrogens with one attached hydrogen (secondary N) is 2. The van der Waals surface area contributed by atoms with Gasteiger partial charge in [0.1, 0.15) is 11.9 Å². The molecule has 0 aliphatic rings. The van der Waals surface area contributed by atoms with E-state index in [1.54, 1.807) is 91.9 Å². The molecule has 5 N–H and O–H groups in total. The second-order valence-corrected chi connectivity index (χ2v) is 8.72. The van der Waals surface area contributed by atoms with Gasteiger partial charge in [0.2, 0.25) is 5.91 Å². The number of carbonyl (C=O) groups is 3. The number of amides is 3. The van der Waals surface area contributed by atoms with E-state index in [1.807, 2.05) is 0 Å². The van der Waals surface area contributed by atoms with Crippen molar-refractivity contribution in [1.29, 1.82) is 0 Å². The zero-order valence-corrected chi connectivity index (χ0v) is 21.7. The summed E-state index contributed by atoms with van der Waals surface area (Å²) in [5, 5.41) is 16.5. The number of nitrogens with two attached hydrogens (primary N) is 1. The minimum atomic E-state index is -1.10. The quantitative estimate of drug-likeness (QED) is 0.166. The summed E-state index contributed by atoms with van der Waals surface area (Å²) in [5.74, 6) is -1.06. The molecule has 0 aromatic heterocycles. The Bertz CT molecular complexity index is 1540. The number of carbonyl (C=O) groups excluding carboxylic acids is 3. The summed E-state index contributed by atoms with van der Waals surface area (Å²) in [4.78, 5) is 38.3. The van der Waals surface area contributed by atoms with Crippen LogP contribution in [0.4, 0.5) is 16.2 Å². The Morgan fingerprint density at radius 1 is 0.900 bits per heavy atom. The number of hydrogen-bond donors (Lipinski definition) is 4. The first-order valence-corrected chi connectivity index (χ1v) is 12.6. The molecule has 0 spiro atoms. The molecular weight excluding hydrogens is 510 g/mol. The molecule has 0 fully saturated rings. The zero-order chi connectivity index (χ0) is 28.5. The van der Waals surface area contributed by atoms with Gasteiger partial charge in [-0.3, -0.25) is 14.9 Å². The maximum Gasteiger partial charge on any atom is 0.414 e. The predicted molar refractivity (Wildman–Crippen MR) is 153 cm³/mol. The number of aromatic hydroxyl groups is 1. The van der Waals surface area contributed by atoms with Gasteiger partial charge in [-0.2, -0.15) is 0 Å². The van der Waals surface area contributed by atoms with Gasteiger partial charge in [-0.25, -0.2) is 4.79 Å². The molecule has 0 aliphatic carbocycles. The molecule has 0 aliphatic heterocycles. The lowest BCUT2D eigenvalue weighted by molar-refractivity contribution is -0.112. The van der Waals surface area contributed by atoms with Crippen LogP contribution in [0.1, 0.15) is 28.9 Å². The third kappa shape index (κ3) is 6.83. The van der Waals surface area contributed by atoms with Crippen molar-refractivity contribution in [1.82, 2.24) is 5.32 Å². The number of ether oxygens (including phenoxy) is 2. The lowest BCUT2D eigenvalue weighted by Crippen LogP contribution is -2.35. The van der Waals surface area contributed by atoms with E-state index in [0.717, 1.165) is 0 Å². The van der Waals surface area contributed by atoms with E-state index < -0.39 is 30.1 Å². The van der Waals surface area contributed by atoms with Crippen LogP contribution in [-0.2, 0) is 14.3 Å². The van der Waals surface area contributed by atoms with Crippen LogP contribution in [-0.4, -0.2) is 35.7 Å². The fourth-order valence-corrected chi connectivity index (χ4v) is 4.17. The summed E-state index contributed by atoms with van der Waals surface area (Å²) in [6.45, 7) is 1.99. The van der Waals surface area contributed by atoms with E-state index >= 15 is 0 Å². The number of hydrogen-bond acceptors (Lipinski definition) is 7. The Morgan fingerprint density at radius 3 is 2.30 bits per heavy atom. The molecule has 40 heavy (non-hydrogen) atoms. The van der Waals surface area contributed by atoms with Crippen molar-refractivity contribution in [3.63, 3.8) is 0 Å². The fourth-order valence-electron chi connectivity index (χ4n) is 4.17. The van der Waals surface area contributed by atoms with Crippen molar-refractivity contribution in [2.75, 3.05) is 17.7 Å². The van der Waals surface area contributed by atoms with Gasteiger partial charge in [0.25, 0.3) is 5.91 Å². The number of phenolic OH excluding ortho intramolecular Hbond substituents is 1. The number of nitrogen functional groups attached to an aromatic ring is 1. The highest BCUT2D eigenvalue weighted by Gasteiger charge is 2.29. The topological polar surface area (TPSA) is 140 Å². The number of phenols is 1. The second-order valence-electron chi connectivity index (χ2n) is 8.72. The normalized spacial score (nSPS) is 12.5. The van der Waals surface area contributed by atoms with Gasteiger partial charge >= 0.3 is 6.09 Å². The molecule has 0 heterocycles. The number of fused-ring (bicyclic) bond motifs is 1. The van der Waals surface area contributed by atoms with Gasteiger partial charge in [-0.05, 0) is 48.7 Å². The third-order valence-electron chi connectivity index (χ3n) is 6.04. The number of rotatable bonds is 9. The summed E-state index contributed by atoms with van der Waals surface area (Å²) < 4.78 is 11.7. The first-order chi connectivity index (χ1) is 19.4. The monoisotopic (exact) mass is 539 g/mol. The first kappa shape index (κ1) is 27.9. The largest absolute Gasteiger partial charge is 0.507 e. The molecule has 4 rings (SSSR count). The van der Waals surface area contributed by atoms with Crippen LogP contribution in [0.15, 0.2) is 103 Å². The number of benzene rings is 4. The average molecular weight is 540 g/mol. The maximum absolute atomic E-state index is 13.0. The molecule has 0 bridgehead atoms. The highest BCUT2D eigenvalue weighted by atomic mass is 16.6. The summed E-state index contributed by atoms with van der Waals surface area (Å²) >= 11 is 0. The van der Waals surface area contributed by atoms with Crippen LogP contribution in [0.25, 0.3) is 10.8 Å². The van der Waals surface area contributed by atoms with E-state index in [2.05, 4.69) is 10.6 Å². The Hall–Kier alpha value is -5.15. The second kappa shape index (κ2) is 13.1. The minimum absolute atomic E-state index is 0.0464. The molecule has 204 valence electrons. The highest BCUT2D eigenvalue weighted by Crippen LogP contribution is 2.35. The van der Waals surface area contributed by atoms with E-state index in [1.165, 1.54) is 18.2 Å². The molecular formula is C31H29N3O6. The standard InChI is InChI=1S/C31H29N3O6/c1-2-39-27(18-19-28(36)33-25-15-9-8-14-24(25)32)29(23-16-17-26(35)22-13-7-6-12-21(22)23)40-31(38)34-30(37)20-10-4-3-5-11-20/h3-19,27,29,35H,2,32H2,1H3,(H,33,36)(H,34,37,38)/b19-18+/t27-,29-/m0/s1. The summed E-state index contributed by atoms with van der Waals surface area (Å²) in [6, 6.07) is 25.2. The first-order valence-electron chi connectivity index (χ1n) is 12.6. The van der Waals surface area contributed by atoms with Crippen molar-refractivity contribution < 1.29 is 29.0 Å². The Morgan fingerprint density at radius 2 is 1.57 bits per heavy atom. The Kier molecular flexibility index (Phi) is 9.11. The number of anilines is 2. The van der Waals surface area contributed by atoms with Crippen molar-refractivity contribution in [2.45, 2.75) is 19.1 Å². The predicted octanol–water partition coefficient (Wildman–Crippen LogP) is 5.34. The fraction of sp³-hybridized carbons (Fsp3) is 0.129. The van der Waals surface area contributed by atoms with Crippen LogP contribution in [0.3, 0.4) is 0 Å². The third-order valence-corrected chi connectivity index (χ3v) is 6.04. The lowest BCUT2D eigenvalue weighted by Gasteiger charge is -2.26. The van der Waals surface area contributed by atoms with Crippen molar-refractivity contribution in [2.24, 2.45) is 0 Å². The van der Waals surface area contributed by atoms with Crippen LogP contribution >= 0.6 is 0 Å². The Labute approximate surface area is 231 Å². The van der Waals surface area contributed by atoms with E-state index in [0.29, 0.717) is 27.7 Å². The van der Waals surface area contributed by atoms with Gasteiger partial charge in [0.05, 0.1) is 11.4 Å². The van der Waals surface area contributed by atoms with Gasteiger partial charge in [-0.15, -0.1) is 0 Å². The number of imide groups is 1. The Balaban J connectivity index is 1.66. The molecule has 4 aromatic rings. The molecule has 0 saturated carbocycles. The van der Waals surface area contributed by atoms with Crippen LogP contribution < -0.4 is 16.4 Å². The highest BCUT2D eigenvalue weighted by molar-refractivity contribution is 6.03. The van der Waals surface area contributed by atoms with E-state index in [-0.39, 0.29) is 17.9 Å². The zero-order valence-electron chi connectivity index (χ0n) is 21.7. The van der Waals surface area contributed by atoms with Crippen LogP contribution in [0.5, 0.6) is 5.75 Å². The molecule has 9 nitrogen and oxygen atoms in total. The van der Waals surface area contributed by atoms with Crippen molar-refractivity contribution >= 4 is 40.1 Å². The average Bonchev–Trinajstić information content (AvgIpc) is 2.96. The summed E-state index contributed by atoms with van der Waals surface area (Å²) in [5.41, 5.74) is 7.56. The SMILES string of the molecule is CCO[C@@H](/C=C/C(=O)Nc1ccccc1N)[C@@H](OC(=O)NC(=O)c1ccccc1)c1ccc(O)c2ccccc12. The smallest absolute Gasteiger partial charge is 0.414 e. The van der Waals surface area contributed by atoms with Crippen LogP contribution in [0.2, 0.25) is 0 Å². The number of para-hydroxylation sites is 2. The summed E-state index contributed by atoms with van der Waals surface area (Å²) in [7, 11) is 0. The molecule has 9 heteroatoms. The van der Waals surface area contributed by atoms with Gasteiger partial charge < -0.3 is 25.6 Å². The van der Waals surface area contributed by atoms with Gasteiger partial charge in [-0.1, -0.05) is 60.7 Å². The number of alkyl carbamates (subject to hydrolysis) is 1. The minimum Gasteiger partial charge on any atom is -0.507 e. The van der Waals surface area contributed by atoms with Gasteiger partial charge in [0.15, 0.2) is 6.10 Å². The van der Waals surface area contributed by atoms with Gasteiger partial charge in [0, 0.05) is 29.2 Å². The van der Waals surface area contributed by atoms with Crippen molar-refractivity contribution in [3.05, 3.63) is 114 Å². The molecule has 0 saturated heterocycles.